The van der Waals surface area contributed by atoms with Crippen LogP contribution in [-0.4, -0.2) is 63.8 Å². The van der Waals surface area contributed by atoms with E-state index in [9.17, 15) is 0 Å². The molecule has 0 radical (unpaired) electrons. The summed E-state index contributed by atoms with van der Waals surface area (Å²) in [4.78, 5) is 6.83. The second-order valence-electron chi connectivity index (χ2n) is 5.36. The summed E-state index contributed by atoms with van der Waals surface area (Å²) < 4.78 is 5.05. The van der Waals surface area contributed by atoms with Crippen molar-refractivity contribution in [3.05, 3.63) is 0 Å². The number of aliphatic imine (C=N–C) groups is 1. The average Bonchev–Trinajstić information content (AvgIpc) is 2.93. The van der Waals surface area contributed by atoms with Crippen molar-refractivity contribution < 1.29 is 4.74 Å². The van der Waals surface area contributed by atoms with Crippen LogP contribution < -0.4 is 10.6 Å². The first-order valence-corrected chi connectivity index (χ1v) is 7.99. The van der Waals surface area contributed by atoms with Crippen molar-refractivity contribution >= 4 is 29.9 Å². The molecule has 1 rings (SSSR count). The zero-order valence-corrected chi connectivity index (χ0v) is 16.2. The van der Waals surface area contributed by atoms with E-state index in [0.29, 0.717) is 6.04 Å². The van der Waals surface area contributed by atoms with Crippen LogP contribution in [0.5, 0.6) is 0 Å². The molecule has 1 saturated heterocycles. The topological polar surface area (TPSA) is 48.9 Å². The Bertz CT molecular complexity index is 276. The lowest BCUT2D eigenvalue weighted by molar-refractivity contribution is 0.192. The maximum atomic E-state index is 5.05. The molecule has 1 heterocycles. The fraction of sp³-hybridized carbons (Fsp3) is 0.933. The molecule has 5 nitrogen and oxygen atoms in total. The minimum atomic E-state index is 0. The quantitative estimate of drug-likeness (QED) is 0.264. The summed E-state index contributed by atoms with van der Waals surface area (Å²) in [6.07, 6.45) is 6.12. The van der Waals surface area contributed by atoms with Crippen LogP contribution in [-0.2, 0) is 4.74 Å². The molecule has 1 fully saturated rings. The molecule has 0 bridgehead atoms. The van der Waals surface area contributed by atoms with Gasteiger partial charge in [0, 0.05) is 39.9 Å². The fourth-order valence-corrected chi connectivity index (χ4v) is 2.73. The Balaban J connectivity index is 0.00000400. The van der Waals surface area contributed by atoms with Crippen molar-refractivity contribution in [3.8, 4) is 0 Å². The van der Waals surface area contributed by atoms with Gasteiger partial charge in [-0.15, -0.1) is 24.0 Å². The van der Waals surface area contributed by atoms with E-state index in [-0.39, 0.29) is 24.0 Å². The third-order valence-electron chi connectivity index (χ3n) is 3.95. The first-order valence-electron chi connectivity index (χ1n) is 7.99. The summed E-state index contributed by atoms with van der Waals surface area (Å²) in [6, 6.07) is 0.667. The molecule has 0 aromatic rings. The Morgan fingerprint density at radius 1 is 1.29 bits per heavy atom. The summed E-state index contributed by atoms with van der Waals surface area (Å²) in [6.45, 7) is 7.47. The van der Waals surface area contributed by atoms with E-state index >= 15 is 0 Å². The van der Waals surface area contributed by atoms with Crippen LogP contribution in [0.3, 0.4) is 0 Å². The number of nitrogens with one attached hydrogen (secondary N) is 2. The molecule has 0 aromatic heterocycles. The molecule has 6 heteroatoms. The minimum absolute atomic E-state index is 0. The number of unbranched alkanes of at least 4 members (excludes halogenated alkanes) is 2. The van der Waals surface area contributed by atoms with Crippen molar-refractivity contribution in [1.82, 2.24) is 15.5 Å². The fourth-order valence-electron chi connectivity index (χ4n) is 2.73. The molecule has 0 aromatic carbocycles. The largest absolute Gasteiger partial charge is 0.385 e. The lowest BCUT2D eigenvalue weighted by Crippen LogP contribution is -2.45. The predicted octanol–water partition coefficient (Wildman–Crippen LogP) is 2.07. The van der Waals surface area contributed by atoms with Gasteiger partial charge in [-0.05, 0) is 45.2 Å². The highest BCUT2D eigenvalue weighted by Gasteiger charge is 2.22. The van der Waals surface area contributed by atoms with Crippen molar-refractivity contribution in [2.75, 3.05) is 46.9 Å². The zero-order chi connectivity index (χ0) is 14.6. The summed E-state index contributed by atoms with van der Waals surface area (Å²) in [5, 5.41) is 6.83. The van der Waals surface area contributed by atoms with Gasteiger partial charge in [0.2, 0.25) is 0 Å². The van der Waals surface area contributed by atoms with Gasteiger partial charge in [0.05, 0.1) is 0 Å². The maximum absolute atomic E-state index is 5.05. The molecule has 0 saturated carbocycles. The highest BCUT2D eigenvalue weighted by molar-refractivity contribution is 14.0. The monoisotopic (exact) mass is 412 g/mol. The number of guanidine groups is 1. The van der Waals surface area contributed by atoms with Crippen molar-refractivity contribution in [3.63, 3.8) is 0 Å². The summed E-state index contributed by atoms with van der Waals surface area (Å²) in [5.74, 6) is 0.930. The van der Waals surface area contributed by atoms with E-state index in [4.69, 9.17) is 4.74 Å². The number of likely N-dealkylation sites (N-methyl/N-ethyl adjacent to an activating group) is 1. The van der Waals surface area contributed by atoms with E-state index in [1.807, 2.05) is 7.05 Å². The highest BCUT2D eigenvalue weighted by Crippen LogP contribution is 2.15. The Hall–Kier alpha value is -0.0800. The number of likely N-dealkylation sites (tertiary alicyclic amines) is 1. The molecule has 1 aliphatic heterocycles. The van der Waals surface area contributed by atoms with E-state index in [1.165, 1.54) is 25.8 Å². The molecule has 2 N–H and O–H groups in total. The van der Waals surface area contributed by atoms with Gasteiger partial charge in [0.15, 0.2) is 5.96 Å². The molecule has 21 heavy (non-hydrogen) atoms. The number of methoxy groups -OCH3 is 1. The van der Waals surface area contributed by atoms with Gasteiger partial charge >= 0.3 is 0 Å². The normalized spacial score (nSPS) is 19.4. The van der Waals surface area contributed by atoms with E-state index in [0.717, 1.165) is 45.0 Å². The second-order valence-corrected chi connectivity index (χ2v) is 5.36. The average molecular weight is 412 g/mol. The summed E-state index contributed by atoms with van der Waals surface area (Å²) in [5.41, 5.74) is 0. The molecule has 0 aliphatic carbocycles. The Kier molecular flexibility index (Phi) is 13.5. The van der Waals surface area contributed by atoms with Crippen LogP contribution >= 0.6 is 24.0 Å². The second kappa shape index (κ2) is 13.6. The van der Waals surface area contributed by atoms with Crippen molar-refractivity contribution in [2.45, 2.75) is 45.1 Å². The minimum Gasteiger partial charge on any atom is -0.385 e. The van der Waals surface area contributed by atoms with Gasteiger partial charge in [0.1, 0.15) is 0 Å². The van der Waals surface area contributed by atoms with Crippen LogP contribution in [0.15, 0.2) is 4.99 Å². The lowest BCUT2D eigenvalue weighted by atomic mass is 10.2. The Morgan fingerprint density at radius 3 is 2.76 bits per heavy atom. The molecule has 1 aliphatic rings. The molecule has 126 valence electrons. The van der Waals surface area contributed by atoms with Gasteiger partial charge in [-0.2, -0.15) is 0 Å². The SMILES string of the molecule is CCN1CCCC1CNC(=NC)NCCCCCOC.I. The molecule has 1 unspecified atom stereocenters. The summed E-state index contributed by atoms with van der Waals surface area (Å²) >= 11 is 0. The lowest BCUT2D eigenvalue weighted by Gasteiger charge is -2.23. The molecule has 0 amide bonds. The molecular weight excluding hydrogens is 379 g/mol. The van der Waals surface area contributed by atoms with Crippen molar-refractivity contribution in [1.29, 1.82) is 0 Å². The van der Waals surface area contributed by atoms with Gasteiger partial charge in [0.25, 0.3) is 0 Å². The van der Waals surface area contributed by atoms with Crippen molar-refractivity contribution in [2.24, 2.45) is 4.99 Å². The third-order valence-corrected chi connectivity index (χ3v) is 3.95. The van der Waals surface area contributed by atoms with Crippen LogP contribution in [0.2, 0.25) is 0 Å². The van der Waals surface area contributed by atoms with Gasteiger partial charge < -0.3 is 15.4 Å². The molecule has 0 spiro atoms. The van der Waals surface area contributed by atoms with Crippen LogP contribution in [0.25, 0.3) is 0 Å². The molecule has 1 atom stereocenters. The number of ether oxygens (including phenoxy) is 1. The van der Waals surface area contributed by atoms with E-state index < -0.39 is 0 Å². The van der Waals surface area contributed by atoms with E-state index in [1.54, 1.807) is 7.11 Å². The molecular formula is C15H33IN4O. The smallest absolute Gasteiger partial charge is 0.191 e. The number of hydrogen-bond donors (Lipinski definition) is 2. The highest BCUT2D eigenvalue weighted by atomic mass is 127. The van der Waals surface area contributed by atoms with Crippen LogP contribution in [0.4, 0.5) is 0 Å². The first kappa shape index (κ1) is 20.9. The third kappa shape index (κ3) is 8.83. The predicted molar refractivity (Wildman–Crippen MR) is 101 cm³/mol. The summed E-state index contributed by atoms with van der Waals surface area (Å²) in [7, 11) is 3.60. The first-order chi connectivity index (χ1) is 9.81. The Labute approximate surface area is 147 Å². The van der Waals surface area contributed by atoms with E-state index in [2.05, 4.69) is 27.4 Å². The van der Waals surface area contributed by atoms with Crippen LogP contribution in [0, 0.1) is 0 Å². The number of nitrogens with zero attached hydrogens (tertiary/aromatic N) is 2. The number of hydrogen-bond acceptors (Lipinski definition) is 3. The maximum Gasteiger partial charge on any atom is 0.191 e. The number of rotatable bonds is 9. The van der Waals surface area contributed by atoms with Crippen LogP contribution in [0.1, 0.15) is 39.0 Å². The Morgan fingerprint density at radius 2 is 2.10 bits per heavy atom. The number of halogens is 1. The van der Waals surface area contributed by atoms with Gasteiger partial charge in [-0.3, -0.25) is 9.89 Å². The zero-order valence-electron chi connectivity index (χ0n) is 13.9. The van der Waals surface area contributed by atoms with Gasteiger partial charge in [-0.1, -0.05) is 6.92 Å². The standard InChI is InChI=1S/C15H32N4O.HI/c1-4-19-11-8-9-14(19)13-18-15(16-2)17-10-6-5-7-12-20-3;/h14H,4-13H2,1-3H3,(H2,16,17,18);1H. The van der Waals surface area contributed by atoms with Gasteiger partial charge in [-0.25, -0.2) is 0 Å².